The van der Waals surface area contributed by atoms with Gasteiger partial charge in [0.2, 0.25) is 0 Å². The minimum Gasteiger partial charge on any atom is -0.445 e. The van der Waals surface area contributed by atoms with E-state index in [-0.39, 0.29) is 23.6 Å². The number of halogens is 1. The number of aromatic nitrogens is 2. The first-order valence-corrected chi connectivity index (χ1v) is 13.0. The zero-order chi connectivity index (χ0) is 26.6. The van der Waals surface area contributed by atoms with Gasteiger partial charge in [-0.05, 0) is 42.6 Å². The van der Waals surface area contributed by atoms with Gasteiger partial charge in [0.05, 0.1) is 17.5 Å². The van der Waals surface area contributed by atoms with Crippen LogP contribution in [-0.4, -0.2) is 53.3 Å². The van der Waals surface area contributed by atoms with Gasteiger partial charge in [-0.3, -0.25) is 14.3 Å². The fourth-order valence-corrected chi connectivity index (χ4v) is 4.77. The Hall–Kier alpha value is -2.94. The third-order valence-electron chi connectivity index (χ3n) is 6.41. The summed E-state index contributed by atoms with van der Waals surface area (Å²) < 4.78 is 13.3. The molecular weight excluding hydrogens is 492 g/mol. The lowest BCUT2D eigenvalue weighted by Gasteiger charge is -2.40. The van der Waals surface area contributed by atoms with Crippen LogP contribution >= 0.6 is 11.6 Å². The Morgan fingerprint density at radius 1 is 1.22 bits per heavy atom. The highest BCUT2D eigenvalue weighted by Crippen LogP contribution is 2.31. The number of rotatable bonds is 7. The standard InChI is InChI=1S/C28H35ClN4O4/c1-28(2,3)18-33-25(31-22-11-10-20(29)16-21(22)26(33)34)24-23(32(4)14-15-36-24)12-13-30-27(35)37-17-19-8-6-5-7-9-19/h5-11,16,23-24H,12-15,17-18H2,1-4H3,(H,30,35). The number of benzene rings is 2. The first kappa shape index (κ1) is 27.1. The quantitative estimate of drug-likeness (QED) is 0.476. The summed E-state index contributed by atoms with van der Waals surface area (Å²) in [4.78, 5) is 33.0. The van der Waals surface area contributed by atoms with Crippen LogP contribution in [0.1, 0.15) is 44.7 Å². The molecule has 8 nitrogen and oxygen atoms in total. The zero-order valence-corrected chi connectivity index (χ0v) is 22.6. The predicted molar refractivity (Wildman–Crippen MR) is 145 cm³/mol. The van der Waals surface area contributed by atoms with Crippen molar-refractivity contribution in [3.8, 4) is 0 Å². The second-order valence-corrected chi connectivity index (χ2v) is 11.1. The Labute approximate surface area is 222 Å². The van der Waals surface area contributed by atoms with E-state index >= 15 is 0 Å². The van der Waals surface area contributed by atoms with Crippen molar-refractivity contribution in [1.82, 2.24) is 19.8 Å². The van der Waals surface area contributed by atoms with Gasteiger partial charge in [0.15, 0.2) is 0 Å². The van der Waals surface area contributed by atoms with Gasteiger partial charge in [0.1, 0.15) is 18.5 Å². The molecule has 0 radical (unpaired) electrons. The predicted octanol–water partition coefficient (Wildman–Crippen LogP) is 4.78. The van der Waals surface area contributed by atoms with E-state index in [4.69, 9.17) is 26.1 Å². The van der Waals surface area contributed by atoms with Gasteiger partial charge < -0.3 is 14.8 Å². The Bertz CT molecular complexity index is 1290. The molecule has 37 heavy (non-hydrogen) atoms. The van der Waals surface area contributed by atoms with E-state index in [1.54, 1.807) is 22.8 Å². The Morgan fingerprint density at radius 2 is 1.97 bits per heavy atom. The van der Waals surface area contributed by atoms with Gasteiger partial charge in [0.25, 0.3) is 5.56 Å². The molecule has 1 fully saturated rings. The van der Waals surface area contributed by atoms with Crippen LogP contribution in [0.2, 0.25) is 5.02 Å². The second-order valence-electron chi connectivity index (χ2n) is 10.7. The largest absolute Gasteiger partial charge is 0.445 e. The van der Waals surface area contributed by atoms with Crippen molar-refractivity contribution in [2.45, 2.75) is 52.5 Å². The average Bonchev–Trinajstić information content (AvgIpc) is 2.85. The van der Waals surface area contributed by atoms with Crippen molar-refractivity contribution >= 4 is 28.6 Å². The van der Waals surface area contributed by atoms with Crippen LogP contribution in [0.5, 0.6) is 0 Å². The van der Waals surface area contributed by atoms with Crippen LogP contribution < -0.4 is 10.9 Å². The summed E-state index contributed by atoms with van der Waals surface area (Å²) in [5.41, 5.74) is 1.23. The van der Waals surface area contributed by atoms with E-state index < -0.39 is 12.2 Å². The number of alkyl carbamates (subject to hydrolysis) is 1. The third-order valence-corrected chi connectivity index (χ3v) is 6.65. The number of nitrogens with zero attached hydrogens (tertiary/aromatic N) is 3. The number of hydrogen-bond acceptors (Lipinski definition) is 6. The number of nitrogens with one attached hydrogen (secondary N) is 1. The molecule has 4 rings (SSSR count). The first-order chi connectivity index (χ1) is 17.6. The number of morpholine rings is 1. The number of ether oxygens (including phenoxy) is 2. The van der Waals surface area contributed by atoms with E-state index in [2.05, 4.69) is 31.0 Å². The Balaban J connectivity index is 1.55. The molecule has 3 aromatic rings. The average molecular weight is 527 g/mol. The van der Waals surface area contributed by atoms with Crippen molar-refractivity contribution in [3.63, 3.8) is 0 Å². The minimum atomic E-state index is -0.467. The highest BCUT2D eigenvalue weighted by molar-refractivity contribution is 6.31. The Morgan fingerprint density at radius 3 is 2.70 bits per heavy atom. The van der Waals surface area contributed by atoms with Gasteiger partial charge in [-0.25, -0.2) is 9.78 Å². The van der Waals surface area contributed by atoms with Crippen LogP contribution in [0.25, 0.3) is 10.9 Å². The molecule has 0 bridgehead atoms. The fraction of sp³-hybridized carbons (Fsp3) is 0.464. The van der Waals surface area contributed by atoms with E-state index in [1.165, 1.54) is 0 Å². The van der Waals surface area contributed by atoms with Gasteiger partial charge >= 0.3 is 6.09 Å². The summed E-state index contributed by atoms with van der Waals surface area (Å²) >= 11 is 6.19. The maximum atomic E-state index is 13.6. The summed E-state index contributed by atoms with van der Waals surface area (Å²) in [6.45, 7) is 8.61. The number of carbonyl (C=O) groups excluding carboxylic acids is 1. The molecule has 1 aromatic heterocycles. The molecule has 0 spiro atoms. The van der Waals surface area contributed by atoms with Gasteiger partial charge in [-0.2, -0.15) is 0 Å². The molecule has 1 aliphatic rings. The number of hydrogen-bond donors (Lipinski definition) is 1. The van der Waals surface area contributed by atoms with Crippen molar-refractivity contribution in [3.05, 3.63) is 75.3 Å². The molecule has 0 aliphatic carbocycles. The van der Waals surface area contributed by atoms with Gasteiger partial charge in [-0.1, -0.05) is 62.7 Å². The molecule has 9 heteroatoms. The van der Waals surface area contributed by atoms with Crippen molar-refractivity contribution in [1.29, 1.82) is 0 Å². The van der Waals surface area contributed by atoms with Crippen LogP contribution in [-0.2, 0) is 22.6 Å². The highest BCUT2D eigenvalue weighted by Gasteiger charge is 2.35. The molecule has 2 heterocycles. The normalized spacial score (nSPS) is 18.6. The number of amides is 1. The molecule has 0 saturated carbocycles. The maximum Gasteiger partial charge on any atom is 0.407 e. The van der Waals surface area contributed by atoms with Gasteiger partial charge in [-0.15, -0.1) is 0 Å². The summed E-state index contributed by atoms with van der Waals surface area (Å²) in [6, 6.07) is 14.6. The fourth-order valence-electron chi connectivity index (χ4n) is 4.60. The molecule has 2 aromatic carbocycles. The van der Waals surface area contributed by atoms with Crippen molar-refractivity contribution in [2.24, 2.45) is 5.41 Å². The van der Waals surface area contributed by atoms with Crippen LogP contribution in [0, 0.1) is 5.41 Å². The van der Waals surface area contributed by atoms with Crippen molar-refractivity contribution in [2.75, 3.05) is 26.7 Å². The van der Waals surface area contributed by atoms with Crippen molar-refractivity contribution < 1.29 is 14.3 Å². The number of fused-ring (bicyclic) bond motifs is 1. The van der Waals surface area contributed by atoms with E-state index in [1.807, 2.05) is 37.4 Å². The van der Waals surface area contributed by atoms with Crippen LogP contribution in [0.4, 0.5) is 4.79 Å². The van der Waals surface area contributed by atoms with Crippen LogP contribution in [0.15, 0.2) is 53.3 Å². The van der Waals surface area contributed by atoms with E-state index in [0.29, 0.717) is 47.9 Å². The van der Waals surface area contributed by atoms with E-state index in [9.17, 15) is 9.59 Å². The molecule has 198 valence electrons. The number of likely N-dealkylation sites (N-methyl/N-ethyl adjacent to an activating group) is 1. The molecule has 1 saturated heterocycles. The molecule has 1 amide bonds. The van der Waals surface area contributed by atoms with E-state index in [0.717, 1.165) is 12.1 Å². The number of carbonyl (C=O) groups is 1. The molecule has 1 N–H and O–H groups in total. The van der Waals surface area contributed by atoms with Gasteiger partial charge in [0, 0.05) is 30.7 Å². The molecular formula is C28H35ClN4O4. The molecule has 2 atom stereocenters. The Kier molecular flexibility index (Phi) is 8.52. The second kappa shape index (κ2) is 11.6. The molecule has 1 aliphatic heterocycles. The lowest BCUT2D eigenvalue weighted by molar-refractivity contribution is -0.0722. The third kappa shape index (κ3) is 6.89. The first-order valence-electron chi connectivity index (χ1n) is 12.6. The summed E-state index contributed by atoms with van der Waals surface area (Å²) in [5.74, 6) is 0.595. The maximum absolute atomic E-state index is 13.6. The topological polar surface area (TPSA) is 85.7 Å². The minimum absolute atomic E-state index is 0.0916. The smallest absolute Gasteiger partial charge is 0.407 e. The summed E-state index contributed by atoms with van der Waals surface area (Å²) in [7, 11) is 2.03. The lowest BCUT2D eigenvalue weighted by atomic mass is 9.96. The SMILES string of the molecule is CN1CCOC(c2nc3ccc(Cl)cc3c(=O)n2CC(C)(C)C)C1CCNC(=O)OCc1ccccc1. The van der Waals surface area contributed by atoms with Crippen LogP contribution in [0.3, 0.4) is 0 Å². The highest BCUT2D eigenvalue weighted by atomic mass is 35.5. The zero-order valence-electron chi connectivity index (χ0n) is 21.9. The summed E-state index contributed by atoms with van der Waals surface area (Å²) in [6.07, 6.45) is -0.299. The lowest BCUT2D eigenvalue weighted by Crippen LogP contribution is -2.48. The summed E-state index contributed by atoms with van der Waals surface area (Å²) in [5, 5.41) is 3.83. The monoisotopic (exact) mass is 526 g/mol. The molecule has 2 unspecified atom stereocenters.